The second-order valence-corrected chi connectivity index (χ2v) is 10.5. The van der Waals surface area contributed by atoms with E-state index in [1.54, 1.807) is 0 Å². The van der Waals surface area contributed by atoms with Crippen molar-refractivity contribution in [3.63, 3.8) is 0 Å². The van der Waals surface area contributed by atoms with Crippen molar-refractivity contribution < 1.29 is 4.42 Å². The molecule has 0 bridgehead atoms. The smallest absolute Gasteiger partial charge is 0.159 e. The molecule has 3 aromatic heterocycles. The second kappa shape index (κ2) is 8.48. The average molecular weight is 523 g/mol. The van der Waals surface area contributed by atoms with Gasteiger partial charge in [-0.15, -0.1) is 0 Å². The van der Waals surface area contributed by atoms with Crippen LogP contribution < -0.4 is 0 Å². The molecular formula is C38H22N2O. The van der Waals surface area contributed by atoms with E-state index in [1.165, 1.54) is 16.7 Å². The second-order valence-electron chi connectivity index (χ2n) is 10.5. The van der Waals surface area contributed by atoms with E-state index in [-0.39, 0.29) is 0 Å². The third kappa shape index (κ3) is 3.20. The number of nitrogens with zero attached hydrogens (tertiary/aromatic N) is 2. The highest BCUT2D eigenvalue weighted by molar-refractivity contribution is 6.13. The Balaban J connectivity index is 1.44. The standard InChI is InChI=1S/C38H22N2O/c1-3-14-27-25(12-1)33-22-23-10-9-21-39-38(23)40-36(33)30-15-4-2-11-24(30)28-16-7-17-29(35(27)28)32-19-8-18-31-26-13-5-6-20-34(26)41-37(31)32/h1-22H. The minimum absolute atomic E-state index is 0.754. The Labute approximate surface area is 236 Å². The summed E-state index contributed by atoms with van der Waals surface area (Å²) in [5.41, 5.74) is 13.8. The topological polar surface area (TPSA) is 38.9 Å². The van der Waals surface area contributed by atoms with E-state index in [0.29, 0.717) is 0 Å². The number of rotatable bonds is 1. The van der Waals surface area contributed by atoms with Gasteiger partial charge in [-0.2, -0.15) is 0 Å². The first-order valence-corrected chi connectivity index (χ1v) is 13.8. The molecule has 3 nitrogen and oxygen atoms in total. The zero-order valence-corrected chi connectivity index (χ0v) is 22.0. The van der Waals surface area contributed by atoms with Crippen LogP contribution in [0.3, 0.4) is 0 Å². The van der Waals surface area contributed by atoms with Crippen molar-refractivity contribution in [1.82, 2.24) is 9.97 Å². The summed E-state index contributed by atoms with van der Waals surface area (Å²) in [6.07, 6.45) is 1.81. The van der Waals surface area contributed by atoms with Crippen LogP contribution in [0, 0.1) is 0 Å². The molecule has 0 spiro atoms. The lowest BCUT2D eigenvalue weighted by atomic mass is 9.79. The molecule has 0 N–H and O–H groups in total. The summed E-state index contributed by atoms with van der Waals surface area (Å²) >= 11 is 0. The Morgan fingerprint density at radius 2 is 1.10 bits per heavy atom. The van der Waals surface area contributed by atoms with Gasteiger partial charge in [-0.3, -0.25) is 0 Å². The molecule has 0 atom stereocenters. The highest BCUT2D eigenvalue weighted by atomic mass is 16.3. The van der Waals surface area contributed by atoms with Crippen LogP contribution in [0.15, 0.2) is 138 Å². The molecule has 3 heterocycles. The molecule has 5 aromatic carbocycles. The van der Waals surface area contributed by atoms with E-state index in [2.05, 4.69) is 114 Å². The fourth-order valence-electron chi connectivity index (χ4n) is 6.53. The Morgan fingerprint density at radius 1 is 0.463 bits per heavy atom. The van der Waals surface area contributed by atoms with Gasteiger partial charge in [0.2, 0.25) is 0 Å². The van der Waals surface area contributed by atoms with Gasteiger partial charge in [0.15, 0.2) is 5.65 Å². The lowest BCUT2D eigenvalue weighted by Gasteiger charge is -2.24. The summed E-state index contributed by atoms with van der Waals surface area (Å²) in [5, 5.41) is 3.29. The zero-order valence-electron chi connectivity index (χ0n) is 22.0. The molecule has 190 valence electrons. The van der Waals surface area contributed by atoms with Crippen LogP contribution in [0.2, 0.25) is 0 Å². The highest BCUT2D eigenvalue weighted by Gasteiger charge is 2.26. The fraction of sp³-hybridized carbons (Fsp3) is 0. The van der Waals surface area contributed by atoms with Crippen LogP contribution >= 0.6 is 0 Å². The Bertz CT molecular complexity index is 2330. The van der Waals surface area contributed by atoms with Crippen LogP contribution in [-0.2, 0) is 0 Å². The number of fused-ring (bicyclic) bond motifs is 12. The highest BCUT2D eigenvalue weighted by Crippen LogP contribution is 2.51. The van der Waals surface area contributed by atoms with Gasteiger partial charge >= 0.3 is 0 Å². The van der Waals surface area contributed by atoms with Crippen molar-refractivity contribution in [3.8, 4) is 55.8 Å². The minimum atomic E-state index is 0.754. The van der Waals surface area contributed by atoms with Crippen molar-refractivity contribution in [3.05, 3.63) is 134 Å². The van der Waals surface area contributed by atoms with Gasteiger partial charge in [0, 0.05) is 39.0 Å². The van der Waals surface area contributed by atoms with Gasteiger partial charge in [-0.25, -0.2) is 9.97 Å². The molecule has 0 radical (unpaired) electrons. The summed E-state index contributed by atoms with van der Waals surface area (Å²) in [6, 6.07) is 45.0. The van der Waals surface area contributed by atoms with Gasteiger partial charge in [0.25, 0.3) is 0 Å². The normalized spacial score (nSPS) is 11.9. The lowest BCUT2D eigenvalue weighted by Crippen LogP contribution is -2.01. The maximum absolute atomic E-state index is 6.53. The molecule has 3 heteroatoms. The van der Waals surface area contributed by atoms with E-state index in [1.807, 2.05) is 24.4 Å². The van der Waals surface area contributed by atoms with Crippen molar-refractivity contribution in [2.24, 2.45) is 0 Å². The summed E-state index contributed by atoms with van der Waals surface area (Å²) in [6.45, 7) is 0. The molecule has 1 aliphatic carbocycles. The van der Waals surface area contributed by atoms with Crippen LogP contribution in [0.5, 0.6) is 0 Å². The monoisotopic (exact) mass is 522 g/mol. The molecule has 0 aliphatic heterocycles. The Hall–Kier alpha value is -5.54. The number of benzene rings is 5. The average Bonchev–Trinajstić information content (AvgIpc) is 3.42. The molecule has 0 saturated heterocycles. The Kier molecular flexibility index (Phi) is 4.61. The molecule has 41 heavy (non-hydrogen) atoms. The number of furan rings is 1. The van der Waals surface area contributed by atoms with Gasteiger partial charge in [-0.05, 0) is 57.6 Å². The molecular weight excluding hydrogens is 500 g/mol. The van der Waals surface area contributed by atoms with Crippen molar-refractivity contribution in [2.45, 2.75) is 0 Å². The molecule has 0 fully saturated rings. The third-order valence-corrected chi connectivity index (χ3v) is 8.31. The molecule has 0 saturated carbocycles. The third-order valence-electron chi connectivity index (χ3n) is 8.31. The summed E-state index contributed by atoms with van der Waals surface area (Å²) < 4.78 is 6.53. The van der Waals surface area contributed by atoms with E-state index in [0.717, 1.165) is 72.0 Å². The van der Waals surface area contributed by atoms with E-state index in [9.17, 15) is 0 Å². The Morgan fingerprint density at radius 3 is 1.98 bits per heavy atom. The molecule has 0 unspecified atom stereocenters. The number of para-hydroxylation sites is 2. The number of hydrogen-bond acceptors (Lipinski definition) is 3. The van der Waals surface area contributed by atoms with Gasteiger partial charge in [0.05, 0.1) is 5.69 Å². The number of aromatic nitrogens is 2. The van der Waals surface area contributed by atoms with Crippen LogP contribution in [-0.4, -0.2) is 9.97 Å². The van der Waals surface area contributed by atoms with Crippen LogP contribution in [0.1, 0.15) is 0 Å². The summed E-state index contributed by atoms with van der Waals surface area (Å²) in [5.74, 6) is 0. The quantitative estimate of drug-likeness (QED) is 0.215. The van der Waals surface area contributed by atoms with Crippen molar-refractivity contribution in [1.29, 1.82) is 0 Å². The summed E-state index contributed by atoms with van der Waals surface area (Å²) in [7, 11) is 0. The number of pyridine rings is 2. The minimum Gasteiger partial charge on any atom is -0.455 e. The van der Waals surface area contributed by atoms with Gasteiger partial charge in [0.1, 0.15) is 11.2 Å². The summed E-state index contributed by atoms with van der Waals surface area (Å²) in [4.78, 5) is 9.75. The number of hydrogen-bond donors (Lipinski definition) is 0. The first kappa shape index (κ1) is 22.3. The predicted octanol–water partition coefficient (Wildman–Crippen LogP) is 10.2. The SMILES string of the molecule is c1ccc2c(c1)-c1cccc(-c3cccc4c3oc3ccccc34)c1-c1ccccc1-c1cc3cccnc3nc1-2. The fourth-order valence-corrected chi connectivity index (χ4v) is 6.53. The molecule has 0 amide bonds. The van der Waals surface area contributed by atoms with E-state index >= 15 is 0 Å². The molecule has 9 rings (SSSR count). The van der Waals surface area contributed by atoms with Gasteiger partial charge < -0.3 is 4.42 Å². The predicted molar refractivity (Wildman–Crippen MR) is 168 cm³/mol. The van der Waals surface area contributed by atoms with Crippen molar-refractivity contribution >= 4 is 33.0 Å². The molecule has 8 aromatic rings. The zero-order chi connectivity index (χ0) is 26.9. The first-order chi connectivity index (χ1) is 20.3. The molecule has 1 aliphatic rings. The van der Waals surface area contributed by atoms with Crippen LogP contribution in [0.25, 0.3) is 88.7 Å². The van der Waals surface area contributed by atoms with E-state index < -0.39 is 0 Å². The lowest BCUT2D eigenvalue weighted by molar-refractivity contribution is 0.670. The van der Waals surface area contributed by atoms with Crippen LogP contribution in [0.4, 0.5) is 0 Å². The van der Waals surface area contributed by atoms with Crippen molar-refractivity contribution in [2.75, 3.05) is 0 Å². The maximum Gasteiger partial charge on any atom is 0.159 e. The van der Waals surface area contributed by atoms with Gasteiger partial charge in [-0.1, -0.05) is 103 Å². The largest absolute Gasteiger partial charge is 0.455 e. The van der Waals surface area contributed by atoms with E-state index in [4.69, 9.17) is 9.40 Å². The first-order valence-electron chi connectivity index (χ1n) is 13.8. The maximum atomic E-state index is 6.53.